The van der Waals surface area contributed by atoms with Gasteiger partial charge in [-0.3, -0.25) is 0 Å². The average molecular weight is 140 g/mol. The first-order valence-electron chi connectivity index (χ1n) is 3.97. The zero-order valence-corrected chi connectivity index (χ0v) is 6.96. The molecule has 1 aliphatic carbocycles. The van der Waals surface area contributed by atoms with Crippen LogP contribution in [0.1, 0.15) is 27.2 Å². The molecule has 0 saturated carbocycles. The van der Waals surface area contributed by atoms with Gasteiger partial charge in [0.15, 0.2) is 0 Å². The van der Waals surface area contributed by atoms with E-state index in [2.05, 4.69) is 19.9 Å². The predicted molar refractivity (Wildman–Crippen MR) is 42.7 cm³/mol. The van der Waals surface area contributed by atoms with E-state index < -0.39 is 0 Å². The second-order valence-corrected chi connectivity index (χ2v) is 3.55. The zero-order chi connectivity index (χ0) is 7.72. The maximum Gasteiger partial charge on any atom is 0.0773 e. The molecule has 58 valence electrons. The first-order valence-corrected chi connectivity index (χ1v) is 3.97. The molecule has 3 atom stereocenters. The average Bonchev–Trinajstić information content (AvgIpc) is 1.82. The molecule has 0 heterocycles. The molecule has 0 aromatic rings. The summed E-state index contributed by atoms with van der Waals surface area (Å²) in [7, 11) is 0. The van der Waals surface area contributed by atoms with Crippen molar-refractivity contribution >= 4 is 0 Å². The second-order valence-electron chi connectivity index (χ2n) is 3.55. The summed E-state index contributed by atoms with van der Waals surface area (Å²) in [6, 6.07) is 0. The third-order valence-corrected chi connectivity index (χ3v) is 2.30. The molecule has 3 unspecified atom stereocenters. The highest BCUT2D eigenvalue weighted by Gasteiger charge is 2.22. The van der Waals surface area contributed by atoms with Crippen molar-refractivity contribution in [2.45, 2.75) is 33.3 Å². The van der Waals surface area contributed by atoms with Crippen LogP contribution in [-0.4, -0.2) is 11.2 Å². The lowest BCUT2D eigenvalue weighted by Crippen LogP contribution is -2.25. The van der Waals surface area contributed by atoms with Crippen LogP contribution in [0.2, 0.25) is 0 Å². The minimum atomic E-state index is -0.184. The number of allylic oxidation sites excluding steroid dienone is 1. The van der Waals surface area contributed by atoms with Crippen LogP contribution in [0.15, 0.2) is 11.6 Å². The monoisotopic (exact) mass is 140 g/mol. The van der Waals surface area contributed by atoms with Gasteiger partial charge in [-0.2, -0.15) is 0 Å². The topological polar surface area (TPSA) is 20.2 Å². The fourth-order valence-corrected chi connectivity index (χ4v) is 1.78. The molecular weight excluding hydrogens is 124 g/mol. The molecule has 0 aromatic heterocycles. The number of hydrogen-bond acceptors (Lipinski definition) is 1. The van der Waals surface area contributed by atoms with Gasteiger partial charge in [0.25, 0.3) is 0 Å². The van der Waals surface area contributed by atoms with Crippen LogP contribution in [0, 0.1) is 11.8 Å². The molecule has 1 rings (SSSR count). The summed E-state index contributed by atoms with van der Waals surface area (Å²) < 4.78 is 0. The molecule has 0 radical (unpaired) electrons. The standard InChI is InChI=1S/C9H16O/c1-6-4-7(2)9(10)8(3)5-6/h4,6,8-10H,5H2,1-3H3. The van der Waals surface area contributed by atoms with E-state index in [9.17, 15) is 5.11 Å². The Kier molecular flexibility index (Phi) is 2.14. The van der Waals surface area contributed by atoms with E-state index in [1.54, 1.807) is 0 Å². The van der Waals surface area contributed by atoms with E-state index in [0.717, 1.165) is 12.0 Å². The van der Waals surface area contributed by atoms with Crippen molar-refractivity contribution in [1.29, 1.82) is 0 Å². The Hall–Kier alpha value is -0.300. The summed E-state index contributed by atoms with van der Waals surface area (Å²) in [5.41, 5.74) is 1.14. The van der Waals surface area contributed by atoms with Gasteiger partial charge < -0.3 is 5.11 Å². The first-order chi connectivity index (χ1) is 4.61. The van der Waals surface area contributed by atoms with E-state index in [-0.39, 0.29) is 6.10 Å². The highest BCUT2D eigenvalue weighted by Crippen LogP contribution is 2.27. The summed E-state index contributed by atoms with van der Waals surface area (Å²) in [5.74, 6) is 1.10. The van der Waals surface area contributed by atoms with Crippen LogP contribution in [0.25, 0.3) is 0 Å². The Balaban J connectivity index is 2.71. The van der Waals surface area contributed by atoms with Crippen molar-refractivity contribution in [2.24, 2.45) is 11.8 Å². The molecule has 0 saturated heterocycles. The minimum absolute atomic E-state index is 0.184. The molecule has 0 amide bonds. The smallest absolute Gasteiger partial charge is 0.0773 e. The second kappa shape index (κ2) is 2.75. The lowest BCUT2D eigenvalue weighted by atomic mass is 9.83. The van der Waals surface area contributed by atoms with Crippen molar-refractivity contribution in [2.75, 3.05) is 0 Å². The lowest BCUT2D eigenvalue weighted by Gasteiger charge is -2.27. The third kappa shape index (κ3) is 1.40. The predicted octanol–water partition coefficient (Wildman–Crippen LogP) is 1.97. The van der Waals surface area contributed by atoms with Gasteiger partial charge in [-0.15, -0.1) is 0 Å². The van der Waals surface area contributed by atoms with Gasteiger partial charge in [0.2, 0.25) is 0 Å². The molecule has 1 nitrogen and oxygen atoms in total. The SMILES string of the molecule is CC1=CC(C)CC(C)C1O. The van der Waals surface area contributed by atoms with Crippen LogP contribution in [0.3, 0.4) is 0 Å². The van der Waals surface area contributed by atoms with E-state index in [4.69, 9.17) is 0 Å². The fraction of sp³-hybridized carbons (Fsp3) is 0.778. The summed E-state index contributed by atoms with van der Waals surface area (Å²) in [5, 5.41) is 9.50. The van der Waals surface area contributed by atoms with Crippen LogP contribution < -0.4 is 0 Å². The number of rotatable bonds is 0. The van der Waals surface area contributed by atoms with Gasteiger partial charge in [0, 0.05) is 0 Å². The van der Waals surface area contributed by atoms with E-state index in [0.29, 0.717) is 11.8 Å². The summed E-state index contributed by atoms with van der Waals surface area (Å²) >= 11 is 0. The van der Waals surface area contributed by atoms with E-state index in [1.165, 1.54) is 0 Å². The van der Waals surface area contributed by atoms with Crippen molar-refractivity contribution < 1.29 is 5.11 Å². The van der Waals surface area contributed by atoms with E-state index in [1.807, 2.05) is 6.92 Å². The van der Waals surface area contributed by atoms with Crippen molar-refractivity contribution in [1.82, 2.24) is 0 Å². The van der Waals surface area contributed by atoms with Gasteiger partial charge in [-0.05, 0) is 30.8 Å². The van der Waals surface area contributed by atoms with Crippen molar-refractivity contribution in [3.63, 3.8) is 0 Å². The Labute approximate surface area is 62.8 Å². The molecule has 10 heavy (non-hydrogen) atoms. The molecular formula is C9H16O. The normalized spacial score (nSPS) is 41.2. The molecule has 0 fully saturated rings. The third-order valence-electron chi connectivity index (χ3n) is 2.30. The number of aliphatic hydroxyl groups is 1. The largest absolute Gasteiger partial charge is 0.388 e. The lowest BCUT2D eigenvalue weighted by molar-refractivity contribution is 0.129. The maximum absolute atomic E-state index is 9.50. The Bertz CT molecular complexity index is 149. The van der Waals surface area contributed by atoms with Gasteiger partial charge in [-0.25, -0.2) is 0 Å². The maximum atomic E-state index is 9.50. The zero-order valence-electron chi connectivity index (χ0n) is 6.96. The molecule has 1 heteroatoms. The molecule has 0 spiro atoms. The molecule has 0 aromatic carbocycles. The Morgan fingerprint density at radius 2 is 2.10 bits per heavy atom. The van der Waals surface area contributed by atoms with Crippen molar-refractivity contribution in [3.05, 3.63) is 11.6 Å². The van der Waals surface area contributed by atoms with Crippen LogP contribution in [0.5, 0.6) is 0 Å². The molecule has 0 bridgehead atoms. The molecule has 0 aliphatic heterocycles. The highest BCUT2D eigenvalue weighted by molar-refractivity contribution is 5.11. The minimum Gasteiger partial charge on any atom is -0.388 e. The summed E-state index contributed by atoms with van der Waals surface area (Å²) in [6.07, 6.45) is 3.11. The fourth-order valence-electron chi connectivity index (χ4n) is 1.78. The van der Waals surface area contributed by atoms with Gasteiger partial charge in [0.1, 0.15) is 0 Å². The summed E-state index contributed by atoms with van der Waals surface area (Å²) in [4.78, 5) is 0. The summed E-state index contributed by atoms with van der Waals surface area (Å²) in [6.45, 7) is 6.32. The van der Waals surface area contributed by atoms with Gasteiger partial charge in [-0.1, -0.05) is 19.9 Å². The Morgan fingerprint density at radius 1 is 1.50 bits per heavy atom. The molecule has 1 aliphatic rings. The van der Waals surface area contributed by atoms with Crippen LogP contribution in [-0.2, 0) is 0 Å². The van der Waals surface area contributed by atoms with Gasteiger partial charge in [0.05, 0.1) is 6.10 Å². The van der Waals surface area contributed by atoms with Gasteiger partial charge >= 0.3 is 0 Å². The Morgan fingerprint density at radius 3 is 2.60 bits per heavy atom. The van der Waals surface area contributed by atoms with E-state index >= 15 is 0 Å². The van der Waals surface area contributed by atoms with Crippen molar-refractivity contribution in [3.8, 4) is 0 Å². The molecule has 1 N–H and O–H groups in total. The van der Waals surface area contributed by atoms with Crippen LogP contribution >= 0.6 is 0 Å². The number of aliphatic hydroxyl groups excluding tert-OH is 1. The number of hydrogen-bond donors (Lipinski definition) is 1. The van der Waals surface area contributed by atoms with Crippen LogP contribution in [0.4, 0.5) is 0 Å². The highest BCUT2D eigenvalue weighted by atomic mass is 16.3. The quantitative estimate of drug-likeness (QED) is 0.510. The first kappa shape index (κ1) is 7.80.